The summed E-state index contributed by atoms with van der Waals surface area (Å²) >= 11 is 0. The second-order valence-corrected chi connectivity index (χ2v) is 6.65. The van der Waals surface area contributed by atoms with Crippen LogP contribution in [0, 0.1) is 0 Å². The summed E-state index contributed by atoms with van der Waals surface area (Å²) in [7, 11) is 2.09. The summed E-state index contributed by atoms with van der Waals surface area (Å²) in [4.78, 5) is 19.1. The highest BCUT2D eigenvalue weighted by Crippen LogP contribution is 2.27. The zero-order chi connectivity index (χ0) is 15.7. The van der Waals surface area contributed by atoms with Crippen LogP contribution in [0.25, 0.3) is 11.0 Å². The fourth-order valence-electron chi connectivity index (χ4n) is 3.30. The van der Waals surface area contributed by atoms with Gasteiger partial charge in [0.15, 0.2) is 0 Å². The molecule has 1 saturated heterocycles. The van der Waals surface area contributed by atoms with Crippen molar-refractivity contribution in [2.75, 3.05) is 13.6 Å². The highest BCUT2D eigenvalue weighted by Gasteiger charge is 2.29. The van der Waals surface area contributed by atoms with E-state index in [1.54, 1.807) is 12.5 Å². The molecule has 5 heteroatoms. The Morgan fingerprint density at radius 3 is 3.05 bits per heavy atom. The largest absolute Gasteiger partial charge is 0.464 e. The van der Waals surface area contributed by atoms with E-state index in [0.717, 1.165) is 29.6 Å². The van der Waals surface area contributed by atoms with Gasteiger partial charge in [-0.15, -0.1) is 0 Å². The molecule has 118 valence electrons. The van der Waals surface area contributed by atoms with Crippen LogP contribution in [0.2, 0.25) is 0 Å². The number of nitrogens with zero attached hydrogens (tertiary/aromatic N) is 2. The first-order valence-corrected chi connectivity index (χ1v) is 7.81. The van der Waals surface area contributed by atoms with Crippen molar-refractivity contribution in [3.63, 3.8) is 0 Å². The van der Waals surface area contributed by atoms with E-state index in [9.17, 15) is 4.79 Å². The van der Waals surface area contributed by atoms with Crippen molar-refractivity contribution in [2.45, 2.75) is 44.7 Å². The molecule has 0 bridgehead atoms. The van der Waals surface area contributed by atoms with Gasteiger partial charge in [0.2, 0.25) is 5.91 Å². The number of likely N-dealkylation sites (tertiary alicyclic amines) is 1. The number of nitrogens with one attached hydrogen (secondary N) is 1. The van der Waals surface area contributed by atoms with E-state index >= 15 is 0 Å². The maximum atomic E-state index is 12.4. The maximum Gasteiger partial charge on any atom is 0.222 e. The molecule has 2 aromatic rings. The lowest BCUT2D eigenvalue weighted by Crippen LogP contribution is -2.43. The van der Waals surface area contributed by atoms with Crippen molar-refractivity contribution in [2.24, 2.45) is 0 Å². The third-order valence-corrected chi connectivity index (χ3v) is 4.52. The fraction of sp³-hybridized carbons (Fsp3) is 0.529. The normalized spacial score (nSPS) is 19.7. The van der Waals surface area contributed by atoms with Gasteiger partial charge in [0.1, 0.15) is 5.58 Å². The average molecular weight is 301 g/mol. The molecule has 1 N–H and O–H groups in total. The Bertz CT molecular complexity index is 677. The van der Waals surface area contributed by atoms with E-state index in [1.165, 1.54) is 6.42 Å². The molecule has 0 radical (unpaired) electrons. The molecule has 22 heavy (non-hydrogen) atoms. The zero-order valence-electron chi connectivity index (χ0n) is 13.4. The van der Waals surface area contributed by atoms with Gasteiger partial charge in [-0.1, -0.05) is 0 Å². The Morgan fingerprint density at radius 2 is 2.32 bits per heavy atom. The minimum atomic E-state index is -0.530. The third kappa shape index (κ3) is 2.86. The number of furan rings is 1. The van der Waals surface area contributed by atoms with Crippen LogP contribution in [0.3, 0.4) is 0 Å². The number of amides is 1. The summed E-state index contributed by atoms with van der Waals surface area (Å²) in [5, 5.41) is 4.08. The van der Waals surface area contributed by atoms with Gasteiger partial charge in [0.05, 0.1) is 17.5 Å². The van der Waals surface area contributed by atoms with Crippen molar-refractivity contribution in [1.29, 1.82) is 0 Å². The molecule has 5 nitrogen and oxygen atoms in total. The van der Waals surface area contributed by atoms with Gasteiger partial charge in [0.25, 0.3) is 0 Å². The molecule has 1 atom stereocenters. The summed E-state index contributed by atoms with van der Waals surface area (Å²) in [5.74, 6) is 0.0750. The first kappa shape index (κ1) is 15.0. The van der Waals surface area contributed by atoms with Crippen molar-refractivity contribution < 1.29 is 9.21 Å². The monoisotopic (exact) mass is 301 g/mol. The Morgan fingerprint density at radius 1 is 1.50 bits per heavy atom. The van der Waals surface area contributed by atoms with Crippen molar-refractivity contribution in [3.8, 4) is 0 Å². The molecule has 0 aliphatic carbocycles. The van der Waals surface area contributed by atoms with Crippen LogP contribution in [0.5, 0.6) is 0 Å². The maximum absolute atomic E-state index is 12.4. The third-order valence-electron chi connectivity index (χ3n) is 4.52. The Kier molecular flexibility index (Phi) is 3.91. The van der Waals surface area contributed by atoms with E-state index in [1.807, 2.05) is 26.0 Å². The summed E-state index contributed by atoms with van der Waals surface area (Å²) in [6, 6.07) is 4.09. The number of carbonyl (C=O) groups is 1. The van der Waals surface area contributed by atoms with Crippen LogP contribution in [0.15, 0.2) is 29.0 Å². The summed E-state index contributed by atoms with van der Waals surface area (Å²) in [5.41, 5.74) is 1.10. The van der Waals surface area contributed by atoms with Crippen molar-refractivity contribution in [3.05, 3.63) is 30.3 Å². The van der Waals surface area contributed by atoms with Crippen molar-refractivity contribution in [1.82, 2.24) is 15.2 Å². The minimum absolute atomic E-state index is 0.0750. The topological polar surface area (TPSA) is 58.4 Å². The molecule has 1 fully saturated rings. The van der Waals surface area contributed by atoms with Crippen LogP contribution in [-0.4, -0.2) is 35.4 Å². The second kappa shape index (κ2) is 5.72. The Labute approximate surface area is 130 Å². The predicted octanol–water partition coefficient (Wildman–Crippen LogP) is 2.66. The average Bonchev–Trinajstić information content (AvgIpc) is 3.07. The van der Waals surface area contributed by atoms with E-state index in [0.29, 0.717) is 12.5 Å². The number of hydrogen-bond acceptors (Lipinski definition) is 4. The number of hydrogen-bond donors (Lipinski definition) is 1. The molecule has 1 aliphatic rings. The lowest BCUT2D eigenvalue weighted by atomic mass is 9.96. The number of aromatic nitrogens is 1. The summed E-state index contributed by atoms with van der Waals surface area (Å²) in [6.07, 6.45) is 6.19. The second-order valence-electron chi connectivity index (χ2n) is 6.65. The minimum Gasteiger partial charge on any atom is -0.464 e. The molecule has 2 aromatic heterocycles. The lowest BCUT2D eigenvalue weighted by Gasteiger charge is -2.28. The summed E-state index contributed by atoms with van der Waals surface area (Å²) in [6.45, 7) is 5.05. The number of fused-ring (bicyclic) bond motifs is 1. The van der Waals surface area contributed by atoms with Crippen LogP contribution >= 0.6 is 0 Å². The Hall–Kier alpha value is -1.88. The summed E-state index contributed by atoms with van der Waals surface area (Å²) < 4.78 is 5.42. The molecular weight excluding hydrogens is 278 g/mol. The smallest absolute Gasteiger partial charge is 0.222 e. The number of carbonyl (C=O) groups excluding carboxylic acids is 1. The van der Waals surface area contributed by atoms with Gasteiger partial charge in [0, 0.05) is 24.0 Å². The van der Waals surface area contributed by atoms with Crippen LogP contribution in [-0.2, 0) is 10.3 Å². The highest BCUT2D eigenvalue weighted by molar-refractivity contribution is 5.82. The van der Waals surface area contributed by atoms with Gasteiger partial charge in [-0.05, 0) is 52.4 Å². The number of rotatable bonds is 4. The van der Waals surface area contributed by atoms with Gasteiger partial charge in [-0.3, -0.25) is 9.78 Å². The fourth-order valence-corrected chi connectivity index (χ4v) is 3.30. The van der Waals surface area contributed by atoms with Gasteiger partial charge in [-0.2, -0.15) is 0 Å². The van der Waals surface area contributed by atoms with E-state index in [4.69, 9.17) is 4.42 Å². The van der Waals surface area contributed by atoms with Crippen LogP contribution < -0.4 is 5.32 Å². The molecule has 0 aromatic carbocycles. The lowest BCUT2D eigenvalue weighted by molar-refractivity contribution is -0.123. The van der Waals surface area contributed by atoms with Crippen LogP contribution in [0.4, 0.5) is 0 Å². The number of pyridine rings is 1. The molecule has 0 saturated carbocycles. The predicted molar refractivity (Wildman–Crippen MR) is 85.4 cm³/mol. The molecular formula is C17H23N3O2. The first-order valence-electron chi connectivity index (χ1n) is 7.81. The quantitative estimate of drug-likeness (QED) is 0.943. The first-order chi connectivity index (χ1) is 10.5. The van der Waals surface area contributed by atoms with E-state index in [2.05, 4.69) is 22.2 Å². The van der Waals surface area contributed by atoms with Gasteiger partial charge in [-0.25, -0.2) is 0 Å². The van der Waals surface area contributed by atoms with Gasteiger partial charge >= 0.3 is 0 Å². The highest BCUT2D eigenvalue weighted by atomic mass is 16.3. The van der Waals surface area contributed by atoms with Gasteiger partial charge < -0.3 is 14.6 Å². The zero-order valence-corrected chi connectivity index (χ0v) is 13.4. The molecule has 1 unspecified atom stereocenters. The molecule has 1 amide bonds. The molecule has 3 heterocycles. The molecule has 3 rings (SSSR count). The van der Waals surface area contributed by atoms with Crippen LogP contribution in [0.1, 0.15) is 38.8 Å². The van der Waals surface area contributed by atoms with E-state index in [-0.39, 0.29) is 5.91 Å². The molecule has 0 spiro atoms. The molecule has 1 aliphatic heterocycles. The Balaban J connectivity index is 1.75. The van der Waals surface area contributed by atoms with E-state index < -0.39 is 5.54 Å². The van der Waals surface area contributed by atoms with Crippen molar-refractivity contribution >= 4 is 16.9 Å². The SMILES string of the molecule is CN1CCCC1CC(=O)NC(C)(C)c1nccc2occc12. The standard InChI is InChI=1S/C17H23N3O2/c1-17(2,16-13-7-10-22-14(13)6-8-18-16)19-15(21)11-12-5-4-9-20(12)3/h6-8,10,12H,4-5,9,11H2,1-3H3,(H,19,21).